The van der Waals surface area contributed by atoms with Crippen molar-refractivity contribution in [3.63, 3.8) is 0 Å². The van der Waals surface area contributed by atoms with E-state index in [4.69, 9.17) is 9.57 Å². The Hall–Kier alpha value is -3.15. The summed E-state index contributed by atoms with van der Waals surface area (Å²) >= 11 is 0. The van der Waals surface area contributed by atoms with Crippen molar-refractivity contribution in [3.05, 3.63) is 35.4 Å². The second-order valence-electron chi connectivity index (χ2n) is 8.38. The minimum absolute atomic E-state index is 0.0257. The molecule has 1 aromatic rings. The van der Waals surface area contributed by atoms with Gasteiger partial charge in [-0.3, -0.25) is 14.5 Å². The first-order valence-corrected chi connectivity index (χ1v) is 9.52. The van der Waals surface area contributed by atoms with Gasteiger partial charge in [-0.2, -0.15) is 13.2 Å². The van der Waals surface area contributed by atoms with Gasteiger partial charge in [-0.1, -0.05) is 17.2 Å². The second-order valence-corrected chi connectivity index (χ2v) is 8.38. The monoisotopic (exact) mass is 458 g/mol. The lowest BCUT2D eigenvalue weighted by Crippen LogP contribution is -2.50. The van der Waals surface area contributed by atoms with E-state index in [1.165, 1.54) is 45.0 Å². The lowest BCUT2D eigenvalue weighted by molar-refractivity contribution is -0.263. The molecule has 1 saturated heterocycles. The standard InChI is InChI=1S/C20H21F3N2O7/c1-18(2,3)31-17(29)24-10-19(30-4,20(21,22)23)9-13(24)16(28)32-25-14(26)11-7-5-6-8-12(11)15(25)27/h5-8,13H,9-10H2,1-4H3/t13-,19-/m0/s1. The number of nitrogens with zero attached hydrogens (tertiary/aromatic N) is 2. The summed E-state index contributed by atoms with van der Waals surface area (Å²) in [6.07, 6.45) is -7.15. The molecule has 12 heteroatoms. The zero-order valence-corrected chi connectivity index (χ0v) is 17.7. The van der Waals surface area contributed by atoms with Crippen molar-refractivity contribution in [1.29, 1.82) is 0 Å². The normalized spacial score (nSPS) is 23.4. The first-order chi connectivity index (χ1) is 14.7. The summed E-state index contributed by atoms with van der Waals surface area (Å²) in [5.41, 5.74) is -3.98. The molecule has 1 fully saturated rings. The molecule has 2 atom stereocenters. The second kappa shape index (κ2) is 7.76. The van der Waals surface area contributed by atoms with Crippen LogP contribution in [-0.4, -0.2) is 70.9 Å². The molecule has 0 radical (unpaired) electrons. The molecule has 0 bridgehead atoms. The zero-order chi connectivity index (χ0) is 24.1. The molecule has 2 aliphatic rings. The van der Waals surface area contributed by atoms with E-state index < -0.39 is 60.3 Å². The van der Waals surface area contributed by atoms with Crippen LogP contribution in [0.3, 0.4) is 0 Å². The van der Waals surface area contributed by atoms with Crippen LogP contribution in [0.5, 0.6) is 0 Å². The molecule has 0 aliphatic carbocycles. The summed E-state index contributed by atoms with van der Waals surface area (Å²) < 4.78 is 51.1. The van der Waals surface area contributed by atoms with Crippen LogP contribution in [0.15, 0.2) is 24.3 Å². The number of hydrogen-bond donors (Lipinski definition) is 0. The highest BCUT2D eigenvalue weighted by molar-refractivity contribution is 6.20. The third-order valence-electron chi connectivity index (χ3n) is 5.07. The number of halogens is 3. The van der Waals surface area contributed by atoms with E-state index in [1.807, 2.05) is 0 Å². The van der Waals surface area contributed by atoms with Gasteiger partial charge in [0.1, 0.15) is 11.6 Å². The number of imide groups is 1. The average Bonchev–Trinajstić information content (AvgIpc) is 3.20. The predicted octanol–water partition coefficient (Wildman–Crippen LogP) is 2.70. The van der Waals surface area contributed by atoms with Crippen molar-refractivity contribution in [2.24, 2.45) is 0 Å². The fraction of sp³-hybridized carbons (Fsp3) is 0.500. The zero-order valence-electron chi connectivity index (χ0n) is 17.7. The number of amides is 3. The Bertz CT molecular complexity index is 938. The van der Waals surface area contributed by atoms with Gasteiger partial charge in [0.2, 0.25) is 0 Å². The predicted molar refractivity (Wildman–Crippen MR) is 100 cm³/mol. The molecule has 0 unspecified atom stereocenters. The van der Waals surface area contributed by atoms with Crippen molar-refractivity contribution in [3.8, 4) is 0 Å². The van der Waals surface area contributed by atoms with Crippen molar-refractivity contribution < 1.29 is 46.7 Å². The summed E-state index contributed by atoms with van der Waals surface area (Å²) in [5.74, 6) is -3.31. The van der Waals surface area contributed by atoms with Gasteiger partial charge in [-0.15, -0.1) is 0 Å². The summed E-state index contributed by atoms with van der Waals surface area (Å²) in [4.78, 5) is 55.6. The fourth-order valence-electron chi connectivity index (χ4n) is 3.47. The third-order valence-corrected chi connectivity index (χ3v) is 5.07. The Labute approximate surface area is 180 Å². The van der Waals surface area contributed by atoms with Crippen LogP contribution >= 0.6 is 0 Å². The van der Waals surface area contributed by atoms with Gasteiger partial charge >= 0.3 is 18.2 Å². The van der Waals surface area contributed by atoms with Crippen molar-refractivity contribution >= 4 is 23.9 Å². The van der Waals surface area contributed by atoms with Crippen LogP contribution in [0, 0.1) is 0 Å². The molecule has 2 heterocycles. The highest BCUT2D eigenvalue weighted by Crippen LogP contribution is 2.44. The topological polar surface area (TPSA) is 102 Å². The number of rotatable bonds is 3. The molecule has 3 rings (SSSR count). The number of likely N-dealkylation sites (tertiary alicyclic amines) is 1. The molecule has 9 nitrogen and oxygen atoms in total. The average molecular weight is 458 g/mol. The molecule has 0 saturated carbocycles. The lowest BCUT2D eigenvalue weighted by Gasteiger charge is -2.30. The van der Waals surface area contributed by atoms with Gasteiger partial charge in [0, 0.05) is 13.5 Å². The maximum atomic E-state index is 13.8. The van der Waals surface area contributed by atoms with Gasteiger partial charge in [0.05, 0.1) is 17.7 Å². The van der Waals surface area contributed by atoms with E-state index in [1.54, 1.807) is 0 Å². The summed E-state index contributed by atoms with van der Waals surface area (Å²) in [6, 6.07) is 3.84. The molecular weight excluding hydrogens is 437 g/mol. The summed E-state index contributed by atoms with van der Waals surface area (Å²) in [7, 11) is 0.804. The van der Waals surface area contributed by atoms with Crippen LogP contribution in [-0.2, 0) is 19.1 Å². The number of fused-ring (bicyclic) bond motifs is 1. The van der Waals surface area contributed by atoms with Crippen molar-refractivity contribution in [2.45, 2.75) is 50.6 Å². The Morgan fingerprint density at radius 1 is 1.06 bits per heavy atom. The fourth-order valence-corrected chi connectivity index (χ4v) is 3.47. The Morgan fingerprint density at radius 3 is 2.03 bits per heavy atom. The minimum Gasteiger partial charge on any atom is -0.444 e. The van der Waals surface area contributed by atoms with Crippen LogP contribution in [0.1, 0.15) is 47.9 Å². The Kier molecular flexibility index (Phi) is 5.71. The number of benzene rings is 1. The molecule has 0 N–H and O–H groups in total. The van der Waals surface area contributed by atoms with Gasteiger partial charge in [-0.25, -0.2) is 9.59 Å². The highest BCUT2D eigenvalue weighted by Gasteiger charge is 2.65. The first kappa shape index (κ1) is 23.5. The van der Waals surface area contributed by atoms with E-state index in [0.29, 0.717) is 4.90 Å². The largest absolute Gasteiger partial charge is 0.444 e. The number of alkyl halides is 3. The van der Waals surface area contributed by atoms with Gasteiger partial charge in [0.25, 0.3) is 11.8 Å². The highest BCUT2D eigenvalue weighted by atomic mass is 19.4. The van der Waals surface area contributed by atoms with Crippen molar-refractivity contribution in [2.75, 3.05) is 13.7 Å². The Balaban J connectivity index is 1.89. The molecule has 2 aliphatic heterocycles. The maximum absolute atomic E-state index is 13.8. The maximum Gasteiger partial charge on any atom is 0.419 e. The van der Waals surface area contributed by atoms with E-state index in [0.717, 1.165) is 7.11 Å². The minimum atomic E-state index is -4.94. The number of hydroxylamine groups is 2. The molecular formula is C20H21F3N2O7. The first-order valence-electron chi connectivity index (χ1n) is 9.52. The van der Waals surface area contributed by atoms with E-state index in [9.17, 15) is 32.3 Å². The van der Waals surface area contributed by atoms with Crippen LogP contribution in [0.2, 0.25) is 0 Å². The van der Waals surface area contributed by atoms with Gasteiger partial charge < -0.3 is 14.3 Å². The van der Waals surface area contributed by atoms with Crippen LogP contribution in [0.4, 0.5) is 18.0 Å². The van der Waals surface area contributed by atoms with Crippen LogP contribution < -0.4 is 0 Å². The molecule has 1 aromatic carbocycles. The number of carbonyl (C=O) groups excluding carboxylic acids is 4. The SMILES string of the molecule is CO[C@@]1(C(F)(F)F)C[C@@H](C(=O)ON2C(=O)c3ccccc3C2=O)N(C(=O)OC(C)(C)C)C1. The molecule has 3 amide bonds. The van der Waals surface area contributed by atoms with E-state index in [2.05, 4.69) is 4.74 Å². The number of methoxy groups -OCH3 is 1. The van der Waals surface area contributed by atoms with E-state index in [-0.39, 0.29) is 16.2 Å². The Morgan fingerprint density at radius 2 is 1.59 bits per heavy atom. The van der Waals surface area contributed by atoms with E-state index >= 15 is 0 Å². The number of ether oxygens (including phenoxy) is 2. The van der Waals surface area contributed by atoms with Crippen LogP contribution in [0.25, 0.3) is 0 Å². The summed E-state index contributed by atoms with van der Waals surface area (Å²) in [6.45, 7) is 3.46. The van der Waals surface area contributed by atoms with Crippen molar-refractivity contribution in [1.82, 2.24) is 9.96 Å². The number of carbonyl (C=O) groups is 4. The van der Waals surface area contributed by atoms with Gasteiger partial charge in [-0.05, 0) is 32.9 Å². The molecule has 32 heavy (non-hydrogen) atoms. The van der Waals surface area contributed by atoms with Gasteiger partial charge in [0.15, 0.2) is 5.60 Å². The third kappa shape index (κ3) is 4.01. The number of hydrogen-bond acceptors (Lipinski definition) is 7. The molecule has 174 valence electrons. The lowest BCUT2D eigenvalue weighted by atomic mass is 9.99. The molecule has 0 spiro atoms. The quantitative estimate of drug-likeness (QED) is 0.642. The summed E-state index contributed by atoms with van der Waals surface area (Å²) in [5, 5.41) is 0.167. The smallest absolute Gasteiger partial charge is 0.419 e. The molecule has 0 aromatic heterocycles.